The Labute approximate surface area is 117 Å². The molecule has 0 N–H and O–H groups in total. The Balaban J connectivity index is 2.02. The lowest BCUT2D eigenvalue weighted by molar-refractivity contribution is 0.198. The summed E-state index contributed by atoms with van der Waals surface area (Å²) in [4.78, 5) is 0. The van der Waals surface area contributed by atoms with E-state index in [0.717, 1.165) is 23.7 Å². The smallest absolute Gasteiger partial charge is 0.0392 e. The second kappa shape index (κ2) is 5.07. The Morgan fingerprint density at radius 1 is 1.11 bits per heavy atom. The van der Waals surface area contributed by atoms with Crippen LogP contribution in [0.15, 0.2) is 36.4 Å². The van der Waals surface area contributed by atoms with E-state index in [0.29, 0.717) is 0 Å². The highest BCUT2D eigenvalue weighted by Crippen LogP contribution is 2.46. The van der Waals surface area contributed by atoms with Gasteiger partial charge in [-0.1, -0.05) is 39.0 Å². The fourth-order valence-electron chi connectivity index (χ4n) is 4.06. The van der Waals surface area contributed by atoms with Crippen LogP contribution in [0.4, 0.5) is 0 Å². The summed E-state index contributed by atoms with van der Waals surface area (Å²) >= 11 is 0. The van der Waals surface area contributed by atoms with E-state index in [1.165, 1.54) is 30.0 Å². The number of benzene rings is 1. The summed E-state index contributed by atoms with van der Waals surface area (Å²) in [6.45, 7) is 7.23. The number of hydrogen-bond acceptors (Lipinski definition) is 0. The van der Waals surface area contributed by atoms with Gasteiger partial charge in [-0.2, -0.15) is 0 Å². The average Bonchev–Trinajstić information content (AvgIpc) is 2.82. The van der Waals surface area contributed by atoms with Crippen molar-refractivity contribution in [3.63, 3.8) is 0 Å². The van der Waals surface area contributed by atoms with Crippen LogP contribution in [0.1, 0.15) is 51.5 Å². The van der Waals surface area contributed by atoms with Crippen molar-refractivity contribution in [1.29, 1.82) is 0 Å². The lowest BCUT2D eigenvalue weighted by atomic mass is 9.67. The first-order valence-electron chi connectivity index (χ1n) is 7.81. The van der Waals surface area contributed by atoms with Crippen molar-refractivity contribution in [2.75, 3.05) is 0 Å². The van der Waals surface area contributed by atoms with Crippen molar-refractivity contribution >= 4 is 10.8 Å². The molecule has 0 radical (unpaired) electrons. The highest BCUT2D eigenvalue weighted by atomic mass is 14.4. The van der Waals surface area contributed by atoms with Gasteiger partial charge in [0.25, 0.3) is 0 Å². The van der Waals surface area contributed by atoms with Crippen LogP contribution >= 0.6 is 0 Å². The monoisotopic (exact) mass is 253 g/mol. The molecule has 1 saturated carbocycles. The predicted molar refractivity (Wildman–Crippen MR) is 83.6 cm³/mol. The molecule has 1 aliphatic rings. The fraction of sp³-hybridized carbons (Fsp3) is 0.526. The van der Waals surface area contributed by atoms with Crippen LogP contribution in [0, 0.1) is 17.8 Å². The first-order chi connectivity index (χ1) is 9.16. The summed E-state index contributed by atoms with van der Waals surface area (Å²) in [6.07, 6.45) is 4.19. The van der Waals surface area contributed by atoms with Crippen LogP contribution in [-0.4, -0.2) is 0 Å². The average molecular weight is 253 g/mol. The van der Waals surface area contributed by atoms with Crippen LogP contribution < -0.4 is 0 Å². The maximum atomic E-state index is 2.43. The van der Waals surface area contributed by atoms with Crippen molar-refractivity contribution in [3.8, 4) is 0 Å². The molecule has 0 bridgehead atoms. The van der Waals surface area contributed by atoms with Gasteiger partial charge in [0, 0.05) is 0 Å². The number of rotatable bonds is 2. The summed E-state index contributed by atoms with van der Waals surface area (Å²) in [5.74, 6) is 3.31. The molecule has 2 aromatic carbocycles. The van der Waals surface area contributed by atoms with Gasteiger partial charge < -0.3 is 0 Å². The standard InChI is InChI=1S/C19H25/c1-13(2)16-10-8-14(3)12-19(16)18-11-9-15-6-4-5-7-17(15)18/h4-7,9,11,13-14,16,19H,8,10,12H2,1-3H3/q-1/t14-,16+,19+/m0/s1. The van der Waals surface area contributed by atoms with Crippen LogP contribution in [0.25, 0.3) is 10.8 Å². The van der Waals surface area contributed by atoms with Crippen molar-refractivity contribution in [2.45, 2.75) is 46.0 Å². The molecule has 102 valence electrons. The fourth-order valence-corrected chi connectivity index (χ4v) is 4.06. The summed E-state index contributed by atoms with van der Waals surface area (Å²) in [5.41, 5.74) is 1.61. The third kappa shape index (κ3) is 2.33. The third-order valence-corrected chi connectivity index (χ3v) is 5.14. The van der Waals surface area contributed by atoms with E-state index >= 15 is 0 Å². The summed E-state index contributed by atoms with van der Waals surface area (Å²) in [7, 11) is 0. The van der Waals surface area contributed by atoms with Gasteiger partial charge in [0.15, 0.2) is 0 Å². The van der Waals surface area contributed by atoms with Crippen molar-refractivity contribution in [3.05, 3.63) is 42.0 Å². The topological polar surface area (TPSA) is 0 Å². The molecule has 2 aromatic rings. The molecular formula is C19H25-. The van der Waals surface area contributed by atoms with E-state index in [1.807, 2.05) is 0 Å². The molecular weight excluding hydrogens is 228 g/mol. The molecule has 0 aliphatic heterocycles. The van der Waals surface area contributed by atoms with E-state index in [9.17, 15) is 0 Å². The summed E-state index contributed by atoms with van der Waals surface area (Å²) in [6, 6.07) is 13.6. The number of hydrogen-bond donors (Lipinski definition) is 0. The molecule has 3 atom stereocenters. The second-order valence-corrected chi connectivity index (χ2v) is 6.81. The van der Waals surface area contributed by atoms with Gasteiger partial charge in [-0.15, -0.1) is 47.3 Å². The SMILES string of the molecule is CC(C)[C@H]1CC[C@H](C)C[C@H]1c1cc[c-]2ccccc12. The van der Waals surface area contributed by atoms with Crippen LogP contribution in [0.2, 0.25) is 0 Å². The van der Waals surface area contributed by atoms with Gasteiger partial charge >= 0.3 is 0 Å². The van der Waals surface area contributed by atoms with E-state index in [4.69, 9.17) is 0 Å². The van der Waals surface area contributed by atoms with E-state index in [-0.39, 0.29) is 0 Å². The normalized spacial score (nSPS) is 28.1. The molecule has 0 nitrogen and oxygen atoms in total. The Hall–Kier alpha value is -1.17. The molecule has 0 heteroatoms. The van der Waals surface area contributed by atoms with Crippen molar-refractivity contribution < 1.29 is 0 Å². The van der Waals surface area contributed by atoms with Gasteiger partial charge in [0.1, 0.15) is 0 Å². The van der Waals surface area contributed by atoms with Crippen molar-refractivity contribution in [1.82, 2.24) is 0 Å². The first-order valence-corrected chi connectivity index (χ1v) is 7.81. The largest absolute Gasteiger partial charge is 0.148 e. The minimum atomic E-state index is 0.767. The Bertz CT molecular complexity index is 546. The van der Waals surface area contributed by atoms with Crippen LogP contribution in [0.5, 0.6) is 0 Å². The molecule has 0 saturated heterocycles. The second-order valence-electron chi connectivity index (χ2n) is 6.81. The minimum Gasteiger partial charge on any atom is -0.148 e. The predicted octanol–water partition coefficient (Wildman–Crippen LogP) is 5.73. The molecule has 0 aromatic heterocycles. The maximum Gasteiger partial charge on any atom is -0.0392 e. The number of fused-ring (bicyclic) bond motifs is 1. The quantitative estimate of drug-likeness (QED) is 0.599. The lowest BCUT2D eigenvalue weighted by Crippen LogP contribution is -2.25. The highest BCUT2D eigenvalue weighted by Gasteiger charge is 2.30. The molecule has 1 fully saturated rings. The molecule has 0 amide bonds. The molecule has 19 heavy (non-hydrogen) atoms. The zero-order valence-corrected chi connectivity index (χ0v) is 12.4. The first kappa shape index (κ1) is 12.8. The van der Waals surface area contributed by atoms with Gasteiger partial charge in [-0.05, 0) is 30.1 Å². The van der Waals surface area contributed by atoms with Gasteiger partial charge in [0.05, 0.1) is 0 Å². The Kier molecular flexibility index (Phi) is 3.43. The lowest BCUT2D eigenvalue weighted by Gasteiger charge is -2.39. The Morgan fingerprint density at radius 2 is 1.95 bits per heavy atom. The highest BCUT2D eigenvalue weighted by molar-refractivity contribution is 5.88. The van der Waals surface area contributed by atoms with E-state index in [2.05, 4.69) is 57.2 Å². The summed E-state index contributed by atoms with van der Waals surface area (Å²) < 4.78 is 0. The van der Waals surface area contributed by atoms with Gasteiger partial charge in [-0.25, -0.2) is 0 Å². The zero-order valence-electron chi connectivity index (χ0n) is 12.4. The van der Waals surface area contributed by atoms with E-state index < -0.39 is 0 Å². The molecule has 0 unspecified atom stereocenters. The van der Waals surface area contributed by atoms with E-state index in [1.54, 1.807) is 5.56 Å². The molecule has 3 rings (SSSR count). The van der Waals surface area contributed by atoms with Gasteiger partial charge in [-0.3, -0.25) is 0 Å². The summed E-state index contributed by atoms with van der Waals surface area (Å²) in [5, 5.41) is 2.91. The van der Waals surface area contributed by atoms with Crippen LogP contribution in [0.3, 0.4) is 0 Å². The Morgan fingerprint density at radius 3 is 2.74 bits per heavy atom. The molecule has 0 spiro atoms. The molecule has 1 aliphatic carbocycles. The maximum absolute atomic E-state index is 2.43. The zero-order chi connectivity index (χ0) is 13.4. The van der Waals surface area contributed by atoms with Crippen molar-refractivity contribution in [2.24, 2.45) is 17.8 Å². The minimum absolute atomic E-state index is 0.767. The third-order valence-electron chi connectivity index (χ3n) is 5.14. The van der Waals surface area contributed by atoms with Gasteiger partial charge in [0.2, 0.25) is 0 Å². The molecule has 0 heterocycles. The van der Waals surface area contributed by atoms with Crippen LogP contribution in [-0.2, 0) is 0 Å².